The Balaban J connectivity index is 2.12. The minimum absolute atomic E-state index is 0.157. The van der Waals surface area contributed by atoms with Crippen molar-refractivity contribution in [2.24, 2.45) is 7.05 Å². The summed E-state index contributed by atoms with van der Waals surface area (Å²) in [5, 5.41) is 7.20. The number of esters is 1. The zero-order valence-corrected chi connectivity index (χ0v) is 9.19. The molecule has 1 aromatic rings. The molecule has 0 aliphatic rings. The number of nitrogens with one attached hydrogen (secondary N) is 1. The van der Waals surface area contributed by atoms with E-state index in [2.05, 4.69) is 10.4 Å². The summed E-state index contributed by atoms with van der Waals surface area (Å²) in [6.07, 6.45) is 2.16. The van der Waals surface area contributed by atoms with Gasteiger partial charge in [0.05, 0.1) is 18.7 Å². The van der Waals surface area contributed by atoms with Crippen molar-refractivity contribution >= 4 is 5.97 Å². The van der Waals surface area contributed by atoms with Gasteiger partial charge in [0.15, 0.2) is 0 Å². The Bertz CT molecular complexity index is 309. The van der Waals surface area contributed by atoms with E-state index < -0.39 is 0 Å². The van der Waals surface area contributed by atoms with Gasteiger partial charge in [-0.3, -0.25) is 9.48 Å². The van der Waals surface area contributed by atoms with Crippen LogP contribution in [-0.4, -0.2) is 28.9 Å². The van der Waals surface area contributed by atoms with E-state index in [4.69, 9.17) is 4.74 Å². The van der Waals surface area contributed by atoms with Gasteiger partial charge >= 0.3 is 5.97 Å². The van der Waals surface area contributed by atoms with Crippen LogP contribution in [0.5, 0.6) is 0 Å². The molecular formula is C10H17N3O2. The van der Waals surface area contributed by atoms with E-state index >= 15 is 0 Å². The van der Waals surface area contributed by atoms with Crippen LogP contribution in [0, 0.1) is 0 Å². The van der Waals surface area contributed by atoms with Gasteiger partial charge in [0.25, 0.3) is 0 Å². The van der Waals surface area contributed by atoms with Crippen LogP contribution in [0.1, 0.15) is 19.0 Å². The van der Waals surface area contributed by atoms with Crippen molar-refractivity contribution in [3.63, 3.8) is 0 Å². The molecule has 0 spiro atoms. The van der Waals surface area contributed by atoms with Gasteiger partial charge in [0, 0.05) is 26.3 Å². The van der Waals surface area contributed by atoms with Crippen molar-refractivity contribution in [3.8, 4) is 0 Å². The highest BCUT2D eigenvalue weighted by molar-refractivity contribution is 5.69. The molecule has 0 unspecified atom stereocenters. The number of aryl methyl sites for hydroxylation is 1. The number of carbonyl (C=O) groups excluding carboxylic acids is 1. The Labute approximate surface area is 89.4 Å². The molecule has 5 heteroatoms. The first-order chi connectivity index (χ1) is 7.24. The molecule has 0 atom stereocenters. The summed E-state index contributed by atoms with van der Waals surface area (Å²) in [4.78, 5) is 11.0. The smallest absolute Gasteiger partial charge is 0.307 e. The molecule has 0 amide bonds. The monoisotopic (exact) mass is 211 g/mol. The first kappa shape index (κ1) is 11.7. The average Bonchev–Trinajstić information content (AvgIpc) is 2.60. The van der Waals surface area contributed by atoms with Gasteiger partial charge in [-0.15, -0.1) is 0 Å². The van der Waals surface area contributed by atoms with Crippen molar-refractivity contribution in [1.29, 1.82) is 0 Å². The standard InChI is InChI=1S/C10H17N3O2/c1-3-15-10(14)5-6-11-8-9-4-7-12-13(9)2/h4,7,11H,3,5-6,8H2,1-2H3. The Morgan fingerprint density at radius 3 is 3.07 bits per heavy atom. The minimum atomic E-state index is -0.157. The Hall–Kier alpha value is -1.36. The fourth-order valence-electron chi connectivity index (χ4n) is 1.21. The van der Waals surface area contributed by atoms with Crippen LogP contribution in [0.25, 0.3) is 0 Å². The predicted octanol–water partition coefficient (Wildman–Crippen LogP) is 0.463. The molecule has 1 N–H and O–H groups in total. The summed E-state index contributed by atoms with van der Waals surface area (Å²) in [6, 6.07) is 1.94. The Morgan fingerprint density at radius 1 is 1.67 bits per heavy atom. The molecule has 15 heavy (non-hydrogen) atoms. The van der Waals surface area contributed by atoms with Crippen molar-refractivity contribution in [2.75, 3.05) is 13.2 Å². The van der Waals surface area contributed by atoms with Gasteiger partial charge in [-0.05, 0) is 13.0 Å². The second kappa shape index (κ2) is 6.19. The summed E-state index contributed by atoms with van der Waals surface area (Å²) >= 11 is 0. The predicted molar refractivity (Wildman–Crippen MR) is 56.2 cm³/mol. The van der Waals surface area contributed by atoms with Crippen LogP contribution in [0.15, 0.2) is 12.3 Å². The van der Waals surface area contributed by atoms with E-state index in [-0.39, 0.29) is 5.97 Å². The molecule has 1 rings (SSSR count). The van der Waals surface area contributed by atoms with Crippen LogP contribution in [0.2, 0.25) is 0 Å². The summed E-state index contributed by atoms with van der Waals surface area (Å²) in [6.45, 7) is 3.60. The molecule has 0 saturated carbocycles. The summed E-state index contributed by atoms with van der Waals surface area (Å²) in [7, 11) is 1.89. The number of nitrogens with zero attached hydrogens (tertiary/aromatic N) is 2. The van der Waals surface area contributed by atoms with Gasteiger partial charge < -0.3 is 10.1 Å². The van der Waals surface area contributed by atoms with E-state index in [0.717, 1.165) is 12.2 Å². The fourth-order valence-corrected chi connectivity index (χ4v) is 1.21. The van der Waals surface area contributed by atoms with E-state index in [1.54, 1.807) is 17.8 Å². The topological polar surface area (TPSA) is 56.1 Å². The second-order valence-electron chi connectivity index (χ2n) is 3.18. The molecule has 0 aromatic carbocycles. The molecule has 0 saturated heterocycles. The number of carbonyl (C=O) groups is 1. The molecular weight excluding hydrogens is 194 g/mol. The first-order valence-corrected chi connectivity index (χ1v) is 5.07. The number of hydrogen-bond acceptors (Lipinski definition) is 4. The summed E-state index contributed by atoms with van der Waals surface area (Å²) in [5.41, 5.74) is 1.10. The summed E-state index contributed by atoms with van der Waals surface area (Å²) in [5.74, 6) is -0.157. The number of hydrogen-bond donors (Lipinski definition) is 1. The normalized spacial score (nSPS) is 10.3. The lowest BCUT2D eigenvalue weighted by atomic mass is 10.4. The Morgan fingerprint density at radius 2 is 2.47 bits per heavy atom. The number of ether oxygens (including phenoxy) is 1. The first-order valence-electron chi connectivity index (χ1n) is 5.07. The number of rotatable bonds is 6. The lowest BCUT2D eigenvalue weighted by Gasteiger charge is -2.04. The molecule has 84 valence electrons. The van der Waals surface area contributed by atoms with E-state index in [9.17, 15) is 4.79 Å². The molecule has 5 nitrogen and oxygen atoms in total. The maximum Gasteiger partial charge on any atom is 0.307 e. The van der Waals surface area contributed by atoms with Crippen LogP contribution in [0.3, 0.4) is 0 Å². The largest absolute Gasteiger partial charge is 0.466 e. The maximum absolute atomic E-state index is 11.0. The van der Waals surface area contributed by atoms with Gasteiger partial charge in [0.1, 0.15) is 0 Å². The quantitative estimate of drug-likeness (QED) is 0.548. The van der Waals surface area contributed by atoms with Gasteiger partial charge in [-0.2, -0.15) is 5.10 Å². The van der Waals surface area contributed by atoms with Crippen LogP contribution in [-0.2, 0) is 23.1 Å². The van der Waals surface area contributed by atoms with Crippen molar-refractivity contribution in [1.82, 2.24) is 15.1 Å². The average molecular weight is 211 g/mol. The van der Waals surface area contributed by atoms with Gasteiger partial charge in [-0.25, -0.2) is 0 Å². The van der Waals surface area contributed by atoms with Gasteiger partial charge in [-0.1, -0.05) is 0 Å². The fraction of sp³-hybridized carbons (Fsp3) is 0.600. The third-order valence-electron chi connectivity index (χ3n) is 2.04. The third-order valence-corrected chi connectivity index (χ3v) is 2.04. The SMILES string of the molecule is CCOC(=O)CCNCc1ccnn1C. The lowest BCUT2D eigenvalue weighted by molar-refractivity contribution is -0.142. The molecule has 0 aliphatic heterocycles. The zero-order valence-electron chi connectivity index (χ0n) is 9.19. The molecule has 0 fully saturated rings. The number of aromatic nitrogens is 2. The van der Waals surface area contributed by atoms with E-state index in [0.29, 0.717) is 19.6 Å². The van der Waals surface area contributed by atoms with Crippen LogP contribution < -0.4 is 5.32 Å². The molecule has 0 aliphatic carbocycles. The maximum atomic E-state index is 11.0. The van der Waals surface area contributed by atoms with Crippen LogP contribution >= 0.6 is 0 Å². The molecule has 1 aromatic heterocycles. The highest BCUT2D eigenvalue weighted by Gasteiger charge is 2.01. The van der Waals surface area contributed by atoms with Crippen molar-refractivity contribution in [3.05, 3.63) is 18.0 Å². The zero-order chi connectivity index (χ0) is 11.1. The molecule has 0 radical (unpaired) electrons. The van der Waals surface area contributed by atoms with Crippen molar-refractivity contribution < 1.29 is 9.53 Å². The third kappa shape index (κ3) is 4.12. The summed E-state index contributed by atoms with van der Waals surface area (Å²) < 4.78 is 6.61. The van der Waals surface area contributed by atoms with Crippen molar-refractivity contribution in [2.45, 2.75) is 19.9 Å². The highest BCUT2D eigenvalue weighted by atomic mass is 16.5. The molecule has 1 heterocycles. The van der Waals surface area contributed by atoms with Gasteiger partial charge in [0.2, 0.25) is 0 Å². The highest BCUT2D eigenvalue weighted by Crippen LogP contribution is 1.95. The van der Waals surface area contributed by atoms with E-state index in [1.807, 2.05) is 13.1 Å². The lowest BCUT2D eigenvalue weighted by Crippen LogP contribution is -2.20. The second-order valence-corrected chi connectivity index (χ2v) is 3.18. The minimum Gasteiger partial charge on any atom is -0.466 e. The van der Waals surface area contributed by atoms with Crippen LogP contribution in [0.4, 0.5) is 0 Å². The van der Waals surface area contributed by atoms with E-state index in [1.165, 1.54) is 0 Å². The Kier molecular flexibility index (Phi) is 4.83. The molecule has 0 bridgehead atoms.